The molecule has 0 spiro atoms. The molecule has 0 saturated carbocycles. The maximum atomic E-state index is 5.09. The Morgan fingerprint density at radius 3 is 1.73 bits per heavy atom. The van der Waals surface area contributed by atoms with E-state index in [0.29, 0.717) is 5.41 Å². The normalized spacial score (nSPS) is 18.8. The SMILES string of the molecule is CC.CC(C)(C)CN1CCN([S-])CC1.[V]. The average Bonchev–Trinajstić information content (AvgIpc) is 2.10. The van der Waals surface area contributed by atoms with Crippen molar-refractivity contribution in [3.8, 4) is 0 Å². The van der Waals surface area contributed by atoms with Crippen LogP contribution in [-0.4, -0.2) is 41.9 Å². The molecular formula is C11H25N2SV-. The van der Waals surface area contributed by atoms with Gasteiger partial charge >= 0.3 is 0 Å². The van der Waals surface area contributed by atoms with Crippen molar-refractivity contribution in [1.82, 2.24) is 9.21 Å². The third kappa shape index (κ3) is 9.76. The monoisotopic (exact) mass is 268 g/mol. The first-order valence-electron chi connectivity index (χ1n) is 5.62. The number of hydrogen-bond acceptors (Lipinski definition) is 3. The van der Waals surface area contributed by atoms with Gasteiger partial charge in [-0.05, 0) is 18.5 Å². The Morgan fingerprint density at radius 2 is 1.40 bits per heavy atom. The van der Waals surface area contributed by atoms with E-state index in [1.807, 2.05) is 18.2 Å². The first-order chi connectivity index (χ1) is 6.47. The predicted octanol–water partition coefficient (Wildman–Crippen LogP) is 2.14. The van der Waals surface area contributed by atoms with E-state index in [2.05, 4.69) is 25.7 Å². The second-order valence-corrected chi connectivity index (χ2v) is 5.28. The van der Waals surface area contributed by atoms with Crippen molar-refractivity contribution in [2.45, 2.75) is 34.6 Å². The molecule has 0 aromatic carbocycles. The molecule has 0 N–H and O–H groups in total. The van der Waals surface area contributed by atoms with Gasteiger partial charge in [-0.25, -0.2) is 0 Å². The van der Waals surface area contributed by atoms with Gasteiger partial charge in [0, 0.05) is 38.2 Å². The summed E-state index contributed by atoms with van der Waals surface area (Å²) in [5.41, 5.74) is 0.420. The molecule has 1 aliphatic rings. The molecule has 1 saturated heterocycles. The van der Waals surface area contributed by atoms with Gasteiger partial charge in [-0.2, -0.15) is 0 Å². The minimum atomic E-state index is 0. The van der Waals surface area contributed by atoms with Crippen molar-refractivity contribution in [1.29, 1.82) is 0 Å². The summed E-state index contributed by atoms with van der Waals surface area (Å²) < 4.78 is 1.99. The van der Waals surface area contributed by atoms with Crippen LogP contribution in [0.15, 0.2) is 0 Å². The summed E-state index contributed by atoms with van der Waals surface area (Å²) in [5.74, 6) is 0. The average molecular weight is 268 g/mol. The van der Waals surface area contributed by atoms with Crippen molar-refractivity contribution in [2.24, 2.45) is 5.41 Å². The van der Waals surface area contributed by atoms with Crippen LogP contribution in [0.4, 0.5) is 0 Å². The molecule has 0 bridgehead atoms. The molecule has 2 nitrogen and oxygen atoms in total. The molecule has 1 rings (SSSR count). The van der Waals surface area contributed by atoms with E-state index in [9.17, 15) is 0 Å². The van der Waals surface area contributed by atoms with Crippen LogP contribution in [0.25, 0.3) is 0 Å². The van der Waals surface area contributed by atoms with E-state index in [-0.39, 0.29) is 18.6 Å². The van der Waals surface area contributed by atoms with Crippen LogP contribution in [0.2, 0.25) is 0 Å². The third-order valence-corrected chi connectivity index (χ3v) is 2.39. The van der Waals surface area contributed by atoms with Crippen LogP contribution >= 0.6 is 0 Å². The molecule has 15 heavy (non-hydrogen) atoms. The fraction of sp³-hybridized carbons (Fsp3) is 1.00. The van der Waals surface area contributed by atoms with E-state index in [4.69, 9.17) is 12.8 Å². The Kier molecular flexibility index (Phi) is 10.9. The van der Waals surface area contributed by atoms with Gasteiger partial charge in [0.15, 0.2) is 0 Å². The molecule has 4 heteroatoms. The van der Waals surface area contributed by atoms with E-state index < -0.39 is 0 Å². The van der Waals surface area contributed by atoms with Crippen molar-refractivity contribution in [3.63, 3.8) is 0 Å². The Labute approximate surface area is 113 Å². The van der Waals surface area contributed by atoms with Gasteiger partial charge < -0.3 is 22.0 Å². The van der Waals surface area contributed by atoms with Gasteiger partial charge in [0.1, 0.15) is 0 Å². The van der Waals surface area contributed by atoms with Crippen molar-refractivity contribution in [2.75, 3.05) is 32.7 Å². The zero-order valence-electron chi connectivity index (χ0n) is 10.8. The van der Waals surface area contributed by atoms with E-state index >= 15 is 0 Å². The molecule has 0 atom stereocenters. The summed E-state index contributed by atoms with van der Waals surface area (Å²) in [6.45, 7) is 16.4. The molecule has 1 aliphatic heterocycles. The van der Waals surface area contributed by atoms with Crippen molar-refractivity contribution >= 4 is 12.8 Å². The molecule has 91 valence electrons. The van der Waals surface area contributed by atoms with Crippen LogP contribution < -0.4 is 0 Å². The molecular weight excluding hydrogens is 243 g/mol. The minimum Gasteiger partial charge on any atom is -0.702 e. The summed E-state index contributed by atoms with van der Waals surface area (Å²) in [6, 6.07) is 0. The summed E-state index contributed by atoms with van der Waals surface area (Å²) >= 11 is 5.09. The molecule has 0 aliphatic carbocycles. The minimum absolute atomic E-state index is 0. The number of hydrogen-bond donors (Lipinski definition) is 0. The number of nitrogens with zero attached hydrogens (tertiary/aromatic N) is 2. The fourth-order valence-corrected chi connectivity index (χ4v) is 1.72. The van der Waals surface area contributed by atoms with Crippen LogP contribution in [0.5, 0.6) is 0 Å². The van der Waals surface area contributed by atoms with Gasteiger partial charge in [-0.15, -0.1) is 0 Å². The molecule has 0 aromatic rings. The van der Waals surface area contributed by atoms with Crippen LogP contribution in [0, 0.1) is 5.41 Å². The quantitative estimate of drug-likeness (QED) is 0.673. The van der Waals surface area contributed by atoms with Gasteiger partial charge in [-0.3, -0.25) is 0 Å². The summed E-state index contributed by atoms with van der Waals surface area (Å²) in [4.78, 5) is 2.50. The maximum Gasteiger partial charge on any atom is 0.00926 e. The van der Waals surface area contributed by atoms with Gasteiger partial charge in [0.05, 0.1) is 0 Å². The summed E-state index contributed by atoms with van der Waals surface area (Å²) in [6.07, 6.45) is 0. The van der Waals surface area contributed by atoms with Crippen LogP contribution in [-0.2, 0) is 31.4 Å². The Bertz CT molecular complexity index is 140. The molecule has 1 radical (unpaired) electrons. The van der Waals surface area contributed by atoms with Crippen LogP contribution in [0.1, 0.15) is 34.6 Å². The van der Waals surface area contributed by atoms with E-state index in [0.717, 1.165) is 26.2 Å². The Hall–Kier alpha value is 0.854. The molecule has 0 aromatic heterocycles. The van der Waals surface area contributed by atoms with Gasteiger partial charge in [0.25, 0.3) is 0 Å². The molecule has 0 amide bonds. The van der Waals surface area contributed by atoms with Gasteiger partial charge in [-0.1, -0.05) is 34.6 Å². The Morgan fingerprint density at radius 1 is 1.00 bits per heavy atom. The largest absolute Gasteiger partial charge is 0.702 e. The smallest absolute Gasteiger partial charge is 0.00926 e. The number of piperazine rings is 1. The molecule has 0 unspecified atom stereocenters. The zero-order chi connectivity index (χ0) is 11.2. The summed E-state index contributed by atoms with van der Waals surface area (Å²) in [7, 11) is 0. The second kappa shape index (κ2) is 8.94. The first-order valence-corrected chi connectivity index (χ1v) is 5.98. The third-order valence-electron chi connectivity index (χ3n) is 2.03. The van der Waals surface area contributed by atoms with Crippen molar-refractivity contribution in [3.05, 3.63) is 0 Å². The van der Waals surface area contributed by atoms with Crippen molar-refractivity contribution < 1.29 is 18.6 Å². The second-order valence-electron chi connectivity index (χ2n) is 4.77. The predicted molar refractivity (Wildman–Crippen MR) is 66.2 cm³/mol. The van der Waals surface area contributed by atoms with Gasteiger partial charge in [0.2, 0.25) is 0 Å². The van der Waals surface area contributed by atoms with E-state index in [1.165, 1.54) is 6.54 Å². The number of rotatable bonds is 1. The summed E-state index contributed by atoms with van der Waals surface area (Å²) in [5, 5.41) is 0. The fourth-order valence-electron chi connectivity index (χ4n) is 1.56. The standard InChI is InChI=1S/C9H19N2S.C2H6.V/c1-9(2,3)8-10-4-6-11(12)7-5-10;1-2;/h4-8H2,1-3H3;1-2H3;/q-1;;. The zero-order valence-corrected chi connectivity index (χ0v) is 13.0. The molecule has 1 heterocycles. The topological polar surface area (TPSA) is 6.48 Å². The van der Waals surface area contributed by atoms with E-state index in [1.54, 1.807) is 0 Å². The Balaban J connectivity index is 0. The maximum absolute atomic E-state index is 5.09. The van der Waals surface area contributed by atoms with Crippen LogP contribution in [0.3, 0.4) is 0 Å². The first kappa shape index (κ1) is 18.2. The molecule has 1 fully saturated rings.